The summed E-state index contributed by atoms with van der Waals surface area (Å²) in [5, 5.41) is 6.72. The van der Waals surface area contributed by atoms with Gasteiger partial charge >= 0.3 is 0 Å². The zero-order chi connectivity index (χ0) is 15.9. The number of hydrogen-bond donors (Lipinski definition) is 1. The van der Waals surface area contributed by atoms with E-state index in [0.29, 0.717) is 24.5 Å². The predicted molar refractivity (Wildman–Crippen MR) is 91.1 cm³/mol. The van der Waals surface area contributed by atoms with Crippen LogP contribution in [0.4, 0.5) is 0 Å². The number of hydrogen-bond acceptors (Lipinski definition) is 4. The Hall–Kier alpha value is -1.43. The van der Waals surface area contributed by atoms with Crippen LogP contribution in [0.2, 0.25) is 5.02 Å². The molecule has 22 heavy (non-hydrogen) atoms. The second-order valence-corrected chi connectivity index (χ2v) is 6.66. The molecule has 0 radical (unpaired) electrons. The zero-order valence-electron chi connectivity index (χ0n) is 12.8. The van der Waals surface area contributed by atoms with Gasteiger partial charge in [0.05, 0.1) is 6.54 Å². The number of halogens is 1. The molecule has 1 N–H and O–H groups in total. The topological polar surface area (TPSA) is 45.2 Å². The van der Waals surface area contributed by atoms with E-state index in [1.807, 2.05) is 43.6 Å². The first kappa shape index (κ1) is 16.9. The van der Waals surface area contributed by atoms with E-state index in [0.717, 1.165) is 22.8 Å². The molecule has 118 valence electrons. The van der Waals surface area contributed by atoms with E-state index >= 15 is 0 Å². The average molecular weight is 338 g/mol. The SMILES string of the molecule is Cc1csc(CN(C)CCC(=O)NCc2cccc(Cl)c2)n1. The highest BCUT2D eigenvalue weighted by Gasteiger charge is 2.07. The van der Waals surface area contributed by atoms with E-state index in [-0.39, 0.29) is 5.91 Å². The number of nitrogens with one attached hydrogen (secondary N) is 1. The predicted octanol–water partition coefficient (Wildman–Crippen LogP) is 3.24. The number of amides is 1. The van der Waals surface area contributed by atoms with Crippen LogP contribution in [0.25, 0.3) is 0 Å². The quantitative estimate of drug-likeness (QED) is 0.843. The number of aromatic nitrogens is 1. The lowest BCUT2D eigenvalue weighted by atomic mass is 10.2. The lowest BCUT2D eigenvalue weighted by molar-refractivity contribution is -0.121. The molecule has 0 aliphatic rings. The number of benzene rings is 1. The molecule has 0 bridgehead atoms. The van der Waals surface area contributed by atoms with Crippen molar-refractivity contribution in [3.8, 4) is 0 Å². The molecule has 1 aromatic heterocycles. The van der Waals surface area contributed by atoms with Crippen LogP contribution in [0, 0.1) is 6.92 Å². The smallest absolute Gasteiger partial charge is 0.221 e. The van der Waals surface area contributed by atoms with Gasteiger partial charge in [-0.05, 0) is 31.7 Å². The monoisotopic (exact) mass is 337 g/mol. The second kappa shape index (κ2) is 8.27. The molecule has 2 rings (SSSR count). The molecule has 1 heterocycles. The van der Waals surface area contributed by atoms with Gasteiger partial charge in [0, 0.05) is 35.6 Å². The Labute approximate surface area is 140 Å². The average Bonchev–Trinajstić information content (AvgIpc) is 2.88. The summed E-state index contributed by atoms with van der Waals surface area (Å²) in [6.45, 7) is 3.98. The Morgan fingerprint density at radius 1 is 1.45 bits per heavy atom. The maximum absolute atomic E-state index is 11.9. The molecule has 0 unspecified atom stereocenters. The minimum Gasteiger partial charge on any atom is -0.352 e. The fourth-order valence-electron chi connectivity index (χ4n) is 2.01. The maximum atomic E-state index is 11.9. The number of aryl methyl sites for hydroxylation is 1. The molecule has 0 fully saturated rings. The first-order chi connectivity index (χ1) is 10.5. The van der Waals surface area contributed by atoms with Crippen molar-refractivity contribution in [2.24, 2.45) is 0 Å². The third-order valence-corrected chi connectivity index (χ3v) is 4.36. The van der Waals surface area contributed by atoms with Crippen molar-refractivity contribution in [3.05, 3.63) is 50.9 Å². The van der Waals surface area contributed by atoms with E-state index in [1.165, 1.54) is 0 Å². The molecule has 0 aliphatic carbocycles. The van der Waals surface area contributed by atoms with Crippen molar-refractivity contribution in [2.45, 2.75) is 26.4 Å². The third kappa shape index (κ3) is 5.75. The summed E-state index contributed by atoms with van der Waals surface area (Å²) in [4.78, 5) is 18.4. The van der Waals surface area contributed by atoms with Crippen LogP contribution < -0.4 is 5.32 Å². The fourth-order valence-corrected chi connectivity index (χ4v) is 3.08. The summed E-state index contributed by atoms with van der Waals surface area (Å²) < 4.78 is 0. The molecule has 1 aromatic carbocycles. The molecule has 0 aliphatic heterocycles. The Kier molecular flexibility index (Phi) is 6.36. The number of nitrogens with zero attached hydrogens (tertiary/aromatic N) is 2. The van der Waals surface area contributed by atoms with Crippen LogP contribution >= 0.6 is 22.9 Å². The highest BCUT2D eigenvalue weighted by molar-refractivity contribution is 7.09. The highest BCUT2D eigenvalue weighted by Crippen LogP contribution is 2.11. The van der Waals surface area contributed by atoms with Crippen LogP contribution in [-0.2, 0) is 17.9 Å². The minimum atomic E-state index is 0.0437. The molecule has 0 atom stereocenters. The van der Waals surface area contributed by atoms with Gasteiger partial charge in [-0.25, -0.2) is 4.98 Å². The van der Waals surface area contributed by atoms with E-state index in [4.69, 9.17) is 11.6 Å². The van der Waals surface area contributed by atoms with Crippen LogP contribution in [0.1, 0.15) is 22.7 Å². The van der Waals surface area contributed by atoms with Crippen molar-refractivity contribution in [2.75, 3.05) is 13.6 Å². The highest BCUT2D eigenvalue weighted by atomic mass is 35.5. The molecule has 4 nitrogen and oxygen atoms in total. The Morgan fingerprint density at radius 2 is 2.27 bits per heavy atom. The van der Waals surface area contributed by atoms with Gasteiger partial charge in [-0.3, -0.25) is 9.69 Å². The Bertz CT molecular complexity index is 629. The molecule has 0 spiro atoms. The van der Waals surface area contributed by atoms with Crippen molar-refractivity contribution in [3.63, 3.8) is 0 Å². The van der Waals surface area contributed by atoms with Gasteiger partial charge in [0.2, 0.25) is 5.91 Å². The van der Waals surface area contributed by atoms with E-state index in [1.54, 1.807) is 11.3 Å². The molecule has 0 saturated heterocycles. The summed E-state index contributed by atoms with van der Waals surface area (Å²) in [7, 11) is 2.00. The van der Waals surface area contributed by atoms with E-state index in [2.05, 4.69) is 15.2 Å². The number of carbonyl (C=O) groups excluding carboxylic acids is 1. The van der Waals surface area contributed by atoms with Gasteiger partial charge in [0.15, 0.2) is 0 Å². The fraction of sp³-hybridized carbons (Fsp3) is 0.375. The van der Waals surface area contributed by atoms with Crippen molar-refractivity contribution < 1.29 is 4.79 Å². The van der Waals surface area contributed by atoms with Crippen LogP contribution in [0.5, 0.6) is 0 Å². The third-order valence-electron chi connectivity index (χ3n) is 3.17. The largest absolute Gasteiger partial charge is 0.352 e. The molecule has 6 heteroatoms. The zero-order valence-corrected chi connectivity index (χ0v) is 14.4. The number of thiazole rings is 1. The van der Waals surface area contributed by atoms with E-state index < -0.39 is 0 Å². The van der Waals surface area contributed by atoms with Gasteiger partial charge < -0.3 is 5.32 Å². The van der Waals surface area contributed by atoms with Gasteiger partial charge in [-0.1, -0.05) is 23.7 Å². The lowest BCUT2D eigenvalue weighted by Gasteiger charge is -2.14. The maximum Gasteiger partial charge on any atom is 0.221 e. The molecule has 0 saturated carbocycles. The number of carbonyl (C=O) groups is 1. The van der Waals surface area contributed by atoms with Crippen molar-refractivity contribution in [1.82, 2.24) is 15.2 Å². The van der Waals surface area contributed by atoms with Crippen LogP contribution in [0.15, 0.2) is 29.6 Å². The second-order valence-electron chi connectivity index (χ2n) is 5.28. The Balaban J connectivity index is 1.68. The summed E-state index contributed by atoms with van der Waals surface area (Å²) in [5.41, 5.74) is 2.06. The molecule has 2 aromatic rings. The lowest BCUT2D eigenvalue weighted by Crippen LogP contribution is -2.28. The summed E-state index contributed by atoms with van der Waals surface area (Å²) in [6, 6.07) is 7.51. The first-order valence-electron chi connectivity index (χ1n) is 7.13. The van der Waals surface area contributed by atoms with Gasteiger partial charge in [-0.2, -0.15) is 0 Å². The number of rotatable bonds is 7. The summed E-state index contributed by atoms with van der Waals surface area (Å²) in [6.07, 6.45) is 0.474. The minimum absolute atomic E-state index is 0.0437. The van der Waals surface area contributed by atoms with Gasteiger partial charge in [0.1, 0.15) is 5.01 Å². The standard InChI is InChI=1S/C16H20ClN3OS/c1-12-11-22-16(19-12)10-20(2)7-6-15(21)18-9-13-4-3-5-14(17)8-13/h3-5,8,11H,6-7,9-10H2,1-2H3,(H,18,21). The van der Waals surface area contributed by atoms with Crippen molar-refractivity contribution in [1.29, 1.82) is 0 Å². The Morgan fingerprint density at radius 3 is 2.95 bits per heavy atom. The summed E-state index contributed by atoms with van der Waals surface area (Å²) in [5.74, 6) is 0.0437. The van der Waals surface area contributed by atoms with Crippen molar-refractivity contribution >= 4 is 28.8 Å². The molecular formula is C16H20ClN3OS. The van der Waals surface area contributed by atoms with Crippen LogP contribution in [0.3, 0.4) is 0 Å². The molecule has 1 amide bonds. The van der Waals surface area contributed by atoms with E-state index in [9.17, 15) is 4.79 Å². The van der Waals surface area contributed by atoms with Crippen LogP contribution in [-0.4, -0.2) is 29.4 Å². The molecular weight excluding hydrogens is 318 g/mol. The normalized spacial score (nSPS) is 10.9. The van der Waals surface area contributed by atoms with Gasteiger partial charge in [0.25, 0.3) is 0 Å². The summed E-state index contributed by atoms with van der Waals surface area (Å²) >= 11 is 7.57. The van der Waals surface area contributed by atoms with Gasteiger partial charge in [-0.15, -0.1) is 11.3 Å². The first-order valence-corrected chi connectivity index (χ1v) is 8.39.